The fraction of sp³-hybridized carbons (Fsp3) is 0.0952. The molecule has 8 nitrogen and oxygen atoms in total. The molecule has 0 unspecified atom stereocenters. The summed E-state index contributed by atoms with van der Waals surface area (Å²) in [5, 5.41) is 3.09. The topological polar surface area (TPSA) is 110 Å². The van der Waals surface area contributed by atoms with Crippen LogP contribution in [0.3, 0.4) is 0 Å². The van der Waals surface area contributed by atoms with Crippen molar-refractivity contribution in [3.05, 3.63) is 88.3 Å². The first-order valence-corrected chi connectivity index (χ1v) is 9.69. The number of nitrogens with one attached hydrogen (secondary N) is 3. The Morgan fingerprint density at radius 1 is 0.933 bits per heavy atom. The Labute approximate surface area is 180 Å². The zero-order chi connectivity index (χ0) is 21.3. The summed E-state index contributed by atoms with van der Waals surface area (Å²) >= 11 is 3.28. The number of ether oxygens (including phenoxy) is 1. The fourth-order valence-corrected chi connectivity index (χ4v) is 2.72. The summed E-state index contributed by atoms with van der Waals surface area (Å²) in [5.74, 6) is -1.13. The average Bonchev–Trinajstić information content (AvgIpc) is 3.28. The Bertz CT molecular complexity index is 1020. The van der Waals surface area contributed by atoms with Crippen LogP contribution in [0.2, 0.25) is 0 Å². The lowest BCUT2D eigenvalue weighted by atomic mass is 10.2. The number of benzene rings is 2. The molecule has 0 spiro atoms. The van der Waals surface area contributed by atoms with Crippen molar-refractivity contribution in [3.63, 3.8) is 0 Å². The molecule has 0 aliphatic heterocycles. The number of hydrazine groups is 1. The number of carbonyl (C=O) groups excluding carboxylic acids is 3. The highest BCUT2D eigenvalue weighted by molar-refractivity contribution is 9.10. The smallest absolute Gasteiger partial charge is 0.340 e. The van der Waals surface area contributed by atoms with Gasteiger partial charge in [-0.2, -0.15) is 0 Å². The third-order valence-electron chi connectivity index (χ3n) is 3.94. The standard InChI is InChI=1S/C21H18BrN3O5/c22-15-9-7-14(8-10-15)20(27)25-24-19(26)13-30-21(28)17-5-1-2-6-18(17)23-12-16-4-3-11-29-16/h1-11,23H,12-13H2,(H,24,26)(H,25,27). The van der Waals surface area contributed by atoms with Crippen molar-refractivity contribution in [2.24, 2.45) is 0 Å². The van der Waals surface area contributed by atoms with Crippen LogP contribution in [0.4, 0.5) is 5.69 Å². The first-order chi connectivity index (χ1) is 14.5. The molecule has 3 N–H and O–H groups in total. The molecule has 0 saturated carbocycles. The monoisotopic (exact) mass is 471 g/mol. The predicted molar refractivity (Wildman–Crippen MR) is 113 cm³/mol. The van der Waals surface area contributed by atoms with Crippen LogP contribution in [0, 0.1) is 0 Å². The van der Waals surface area contributed by atoms with Gasteiger partial charge in [-0.3, -0.25) is 20.4 Å². The van der Waals surface area contributed by atoms with Gasteiger partial charge in [-0.25, -0.2) is 4.79 Å². The van der Waals surface area contributed by atoms with E-state index in [4.69, 9.17) is 9.15 Å². The summed E-state index contributed by atoms with van der Waals surface area (Å²) in [7, 11) is 0. The fourth-order valence-electron chi connectivity index (χ4n) is 2.46. The van der Waals surface area contributed by atoms with Crippen molar-refractivity contribution in [2.45, 2.75) is 6.54 Å². The van der Waals surface area contributed by atoms with Crippen LogP contribution >= 0.6 is 15.9 Å². The van der Waals surface area contributed by atoms with Crippen LogP contribution in [0.1, 0.15) is 26.5 Å². The molecule has 0 bridgehead atoms. The molecule has 2 amide bonds. The molecule has 3 rings (SSSR count). The van der Waals surface area contributed by atoms with Crippen molar-refractivity contribution in [3.8, 4) is 0 Å². The highest BCUT2D eigenvalue weighted by Gasteiger charge is 2.15. The van der Waals surface area contributed by atoms with Crippen LogP contribution < -0.4 is 16.2 Å². The molecular weight excluding hydrogens is 454 g/mol. The van der Waals surface area contributed by atoms with Gasteiger partial charge in [0.25, 0.3) is 11.8 Å². The van der Waals surface area contributed by atoms with Gasteiger partial charge in [0.05, 0.1) is 18.4 Å². The van der Waals surface area contributed by atoms with E-state index >= 15 is 0 Å². The van der Waals surface area contributed by atoms with Crippen LogP contribution in [0.25, 0.3) is 0 Å². The van der Waals surface area contributed by atoms with Gasteiger partial charge in [-0.1, -0.05) is 28.1 Å². The third kappa shape index (κ3) is 5.95. The first-order valence-electron chi connectivity index (χ1n) is 8.90. The zero-order valence-corrected chi connectivity index (χ0v) is 17.3. The maximum absolute atomic E-state index is 12.4. The minimum Gasteiger partial charge on any atom is -0.467 e. The van der Waals surface area contributed by atoms with E-state index in [1.165, 1.54) is 0 Å². The summed E-state index contributed by atoms with van der Waals surface area (Å²) in [6.07, 6.45) is 1.56. The van der Waals surface area contributed by atoms with Crippen LogP contribution in [-0.4, -0.2) is 24.4 Å². The van der Waals surface area contributed by atoms with Crippen LogP contribution in [0.15, 0.2) is 75.8 Å². The number of para-hydroxylation sites is 1. The molecule has 1 aromatic heterocycles. The first kappa shape index (κ1) is 21.1. The largest absolute Gasteiger partial charge is 0.467 e. The number of halogens is 1. The molecule has 154 valence electrons. The highest BCUT2D eigenvalue weighted by atomic mass is 79.9. The van der Waals surface area contributed by atoms with Gasteiger partial charge in [0.15, 0.2) is 6.61 Å². The molecule has 0 radical (unpaired) electrons. The molecule has 0 aliphatic rings. The van der Waals surface area contributed by atoms with E-state index in [-0.39, 0.29) is 5.56 Å². The number of amides is 2. The number of carbonyl (C=O) groups is 3. The van der Waals surface area contributed by atoms with Gasteiger partial charge in [0, 0.05) is 15.7 Å². The van der Waals surface area contributed by atoms with Gasteiger partial charge in [-0.05, 0) is 48.5 Å². The van der Waals surface area contributed by atoms with Crippen molar-refractivity contribution in [1.82, 2.24) is 10.9 Å². The summed E-state index contributed by atoms with van der Waals surface area (Å²) < 4.78 is 11.1. The van der Waals surface area contributed by atoms with Gasteiger partial charge in [0.2, 0.25) is 0 Å². The summed E-state index contributed by atoms with van der Waals surface area (Å²) in [6.45, 7) is -0.161. The molecule has 0 atom stereocenters. The van der Waals surface area contributed by atoms with Crippen molar-refractivity contribution < 1.29 is 23.5 Å². The number of rotatable bonds is 7. The molecule has 2 aromatic carbocycles. The summed E-state index contributed by atoms with van der Waals surface area (Å²) in [4.78, 5) is 36.2. The Morgan fingerprint density at radius 2 is 1.70 bits per heavy atom. The number of esters is 1. The minimum atomic E-state index is -0.674. The van der Waals surface area contributed by atoms with E-state index in [9.17, 15) is 14.4 Å². The lowest BCUT2D eigenvalue weighted by molar-refractivity contribution is -0.125. The molecule has 3 aromatic rings. The number of hydrogen-bond donors (Lipinski definition) is 3. The Kier molecular flexibility index (Phi) is 7.23. The van der Waals surface area contributed by atoms with Crippen molar-refractivity contribution in [1.29, 1.82) is 0 Å². The molecule has 0 saturated heterocycles. The maximum Gasteiger partial charge on any atom is 0.340 e. The summed E-state index contributed by atoms with van der Waals surface area (Å²) in [5.41, 5.74) is 5.65. The maximum atomic E-state index is 12.4. The molecule has 1 heterocycles. The van der Waals surface area contributed by atoms with Crippen LogP contribution in [0.5, 0.6) is 0 Å². The van der Waals surface area contributed by atoms with E-state index in [1.54, 1.807) is 66.9 Å². The van der Waals surface area contributed by atoms with E-state index in [0.717, 1.165) is 4.47 Å². The molecular formula is C21H18BrN3O5. The molecule has 0 aliphatic carbocycles. The van der Waals surface area contributed by atoms with Crippen molar-refractivity contribution >= 4 is 39.4 Å². The average molecular weight is 472 g/mol. The van der Waals surface area contributed by atoms with Gasteiger partial charge in [-0.15, -0.1) is 0 Å². The Balaban J connectivity index is 1.48. The SMILES string of the molecule is O=C(COC(=O)c1ccccc1NCc1ccco1)NNC(=O)c1ccc(Br)cc1. The van der Waals surface area contributed by atoms with E-state index < -0.39 is 24.4 Å². The van der Waals surface area contributed by atoms with Crippen molar-refractivity contribution in [2.75, 3.05) is 11.9 Å². The normalized spacial score (nSPS) is 10.2. The molecule has 30 heavy (non-hydrogen) atoms. The second-order valence-corrected chi connectivity index (χ2v) is 6.98. The van der Waals surface area contributed by atoms with Gasteiger partial charge in [0.1, 0.15) is 5.76 Å². The lowest BCUT2D eigenvalue weighted by Gasteiger charge is -2.11. The number of anilines is 1. The zero-order valence-electron chi connectivity index (χ0n) is 15.7. The summed E-state index contributed by atoms with van der Waals surface area (Å²) in [6, 6.07) is 16.9. The number of furan rings is 1. The second kappa shape index (κ2) is 10.3. The Hall–Kier alpha value is -3.59. The Morgan fingerprint density at radius 3 is 2.43 bits per heavy atom. The van der Waals surface area contributed by atoms with Gasteiger partial charge >= 0.3 is 5.97 Å². The van der Waals surface area contributed by atoms with Crippen LogP contribution in [-0.2, 0) is 16.1 Å². The molecule has 9 heteroatoms. The predicted octanol–water partition coefficient (Wildman–Crippen LogP) is 3.27. The van der Waals surface area contributed by atoms with E-state index in [0.29, 0.717) is 23.6 Å². The highest BCUT2D eigenvalue weighted by Crippen LogP contribution is 2.17. The molecule has 0 fully saturated rings. The second-order valence-electron chi connectivity index (χ2n) is 6.06. The third-order valence-corrected chi connectivity index (χ3v) is 4.47. The van der Waals surface area contributed by atoms with Gasteiger partial charge < -0.3 is 14.5 Å². The lowest BCUT2D eigenvalue weighted by Crippen LogP contribution is -2.43. The van der Waals surface area contributed by atoms with E-state index in [1.807, 2.05) is 0 Å². The quantitative estimate of drug-likeness (QED) is 0.360. The minimum absolute atomic E-state index is 0.274. The van der Waals surface area contributed by atoms with E-state index in [2.05, 4.69) is 32.1 Å². The number of hydrogen-bond acceptors (Lipinski definition) is 6.